The molecule has 1 aromatic heterocycles. The molecule has 1 saturated heterocycles. The number of hydrogen-bond donors (Lipinski definition) is 0. The van der Waals surface area contributed by atoms with Gasteiger partial charge in [-0.3, -0.25) is 9.69 Å². The Labute approximate surface area is 186 Å². The highest BCUT2D eigenvalue weighted by molar-refractivity contribution is 7.17. The monoisotopic (exact) mass is 437 g/mol. The highest BCUT2D eigenvalue weighted by Gasteiger charge is 2.22. The van der Waals surface area contributed by atoms with Crippen LogP contribution in [0.3, 0.4) is 0 Å². The summed E-state index contributed by atoms with van der Waals surface area (Å²) >= 11 is 1.60. The predicted octanol–water partition coefficient (Wildman–Crippen LogP) is 4.70. The molecule has 2 aromatic carbocycles. The first-order chi connectivity index (χ1) is 15.1. The second-order valence-corrected chi connectivity index (χ2v) is 9.52. The maximum absolute atomic E-state index is 14.1. The number of halogens is 1. The number of carbonyl (C=O) groups excluding carboxylic acids is 1. The Bertz CT molecular complexity index is 1100. The van der Waals surface area contributed by atoms with Gasteiger partial charge in [-0.25, -0.2) is 4.39 Å². The summed E-state index contributed by atoms with van der Waals surface area (Å²) in [4.78, 5) is 18.7. The molecule has 0 bridgehead atoms. The molecule has 4 nitrogen and oxygen atoms in total. The summed E-state index contributed by atoms with van der Waals surface area (Å²) in [7, 11) is 0. The van der Waals surface area contributed by atoms with Crippen LogP contribution in [0.4, 0.5) is 15.8 Å². The molecule has 162 valence electrons. The van der Waals surface area contributed by atoms with E-state index in [1.54, 1.807) is 30.4 Å². The molecule has 3 aromatic rings. The number of carbonyl (C=O) groups is 1. The second-order valence-electron chi connectivity index (χ2n) is 8.57. The lowest BCUT2D eigenvalue weighted by molar-refractivity contribution is -0.116. The van der Waals surface area contributed by atoms with E-state index in [4.69, 9.17) is 0 Å². The number of amides is 1. The quantitative estimate of drug-likeness (QED) is 0.592. The van der Waals surface area contributed by atoms with Gasteiger partial charge in [0.15, 0.2) is 0 Å². The van der Waals surface area contributed by atoms with Crippen LogP contribution in [0.5, 0.6) is 0 Å². The molecule has 0 N–H and O–H groups in total. The molecule has 0 radical (unpaired) electrons. The standard InChI is InChI=1S/C25H28FN3OS/c1-18(30)29-8-2-3-20-5-4-19(15-23(20)29)6-9-27-10-12-28(13-11-27)24-16-21(26)17-25-22(24)7-14-31-25/h4-5,7,14-17H,2-3,6,8-13H2,1H3. The SMILES string of the molecule is CC(=O)N1CCCc2ccc(CCN3CCN(c4cc(F)cc5sccc45)CC3)cc21. The topological polar surface area (TPSA) is 26.8 Å². The van der Waals surface area contributed by atoms with E-state index in [-0.39, 0.29) is 11.7 Å². The average molecular weight is 438 g/mol. The molecule has 0 atom stereocenters. The molecular weight excluding hydrogens is 409 g/mol. The minimum Gasteiger partial charge on any atom is -0.368 e. The highest BCUT2D eigenvalue weighted by Crippen LogP contribution is 2.33. The average Bonchev–Trinajstić information content (AvgIpc) is 3.25. The van der Waals surface area contributed by atoms with Gasteiger partial charge in [0.1, 0.15) is 5.82 Å². The van der Waals surface area contributed by atoms with E-state index in [9.17, 15) is 9.18 Å². The second kappa shape index (κ2) is 8.60. The van der Waals surface area contributed by atoms with Gasteiger partial charge in [0.25, 0.3) is 0 Å². The minimum absolute atomic E-state index is 0.131. The van der Waals surface area contributed by atoms with E-state index in [0.29, 0.717) is 0 Å². The van der Waals surface area contributed by atoms with E-state index in [1.165, 1.54) is 11.1 Å². The van der Waals surface area contributed by atoms with Crippen molar-refractivity contribution in [1.29, 1.82) is 0 Å². The van der Waals surface area contributed by atoms with Crippen molar-refractivity contribution in [3.63, 3.8) is 0 Å². The van der Waals surface area contributed by atoms with Crippen LogP contribution in [0.15, 0.2) is 41.8 Å². The summed E-state index contributed by atoms with van der Waals surface area (Å²) in [5.41, 5.74) is 4.70. The van der Waals surface area contributed by atoms with Crippen LogP contribution in [0, 0.1) is 5.82 Å². The van der Waals surface area contributed by atoms with Gasteiger partial charge in [0.2, 0.25) is 5.91 Å². The third-order valence-electron chi connectivity index (χ3n) is 6.59. The lowest BCUT2D eigenvalue weighted by Gasteiger charge is -2.36. The first kappa shape index (κ1) is 20.5. The molecule has 5 rings (SSSR count). The minimum atomic E-state index is -0.153. The van der Waals surface area contributed by atoms with Gasteiger partial charge in [-0.05, 0) is 60.0 Å². The van der Waals surface area contributed by atoms with Crippen molar-refractivity contribution in [2.45, 2.75) is 26.2 Å². The van der Waals surface area contributed by atoms with Gasteiger partial charge in [0.05, 0.1) is 0 Å². The van der Waals surface area contributed by atoms with Crippen LogP contribution in [-0.4, -0.2) is 50.1 Å². The summed E-state index contributed by atoms with van der Waals surface area (Å²) in [6, 6.07) is 12.0. The van der Waals surface area contributed by atoms with Crippen LogP contribution >= 0.6 is 11.3 Å². The molecule has 0 saturated carbocycles. The maximum atomic E-state index is 14.1. The normalized spacial score (nSPS) is 17.2. The number of fused-ring (bicyclic) bond motifs is 2. The van der Waals surface area contributed by atoms with Crippen molar-refractivity contribution < 1.29 is 9.18 Å². The highest BCUT2D eigenvalue weighted by atomic mass is 32.1. The molecular formula is C25H28FN3OS. The maximum Gasteiger partial charge on any atom is 0.223 e. The zero-order valence-electron chi connectivity index (χ0n) is 17.9. The number of rotatable bonds is 4. The van der Waals surface area contributed by atoms with Crippen LogP contribution in [0.25, 0.3) is 10.1 Å². The zero-order chi connectivity index (χ0) is 21.4. The van der Waals surface area contributed by atoms with Crippen LogP contribution in [-0.2, 0) is 17.6 Å². The lowest BCUT2D eigenvalue weighted by atomic mass is 9.98. The van der Waals surface area contributed by atoms with E-state index in [0.717, 1.165) is 80.0 Å². The van der Waals surface area contributed by atoms with E-state index >= 15 is 0 Å². The molecule has 1 fully saturated rings. The van der Waals surface area contributed by atoms with Gasteiger partial charge in [-0.15, -0.1) is 11.3 Å². The molecule has 2 aliphatic rings. The van der Waals surface area contributed by atoms with Crippen molar-refractivity contribution in [3.05, 3.63) is 58.7 Å². The Morgan fingerprint density at radius 1 is 1.03 bits per heavy atom. The summed E-state index contributed by atoms with van der Waals surface area (Å²) < 4.78 is 15.1. The van der Waals surface area contributed by atoms with Crippen molar-refractivity contribution in [3.8, 4) is 0 Å². The van der Waals surface area contributed by atoms with Crippen LogP contribution in [0.1, 0.15) is 24.5 Å². The number of thiophene rings is 1. The Kier molecular flexibility index (Phi) is 5.67. The lowest BCUT2D eigenvalue weighted by Crippen LogP contribution is -2.47. The van der Waals surface area contributed by atoms with Gasteiger partial charge in [-0.1, -0.05) is 12.1 Å². The Balaban J connectivity index is 1.21. The van der Waals surface area contributed by atoms with Crippen molar-refractivity contribution in [2.24, 2.45) is 0 Å². The fourth-order valence-electron chi connectivity index (χ4n) is 4.88. The van der Waals surface area contributed by atoms with Crippen molar-refractivity contribution in [2.75, 3.05) is 49.1 Å². The molecule has 2 aliphatic heterocycles. The zero-order valence-corrected chi connectivity index (χ0v) is 18.8. The van der Waals surface area contributed by atoms with E-state index in [1.807, 2.05) is 10.3 Å². The van der Waals surface area contributed by atoms with Gasteiger partial charge < -0.3 is 9.80 Å². The van der Waals surface area contributed by atoms with E-state index < -0.39 is 0 Å². The molecule has 31 heavy (non-hydrogen) atoms. The smallest absolute Gasteiger partial charge is 0.223 e. The molecule has 6 heteroatoms. The van der Waals surface area contributed by atoms with Crippen LogP contribution in [0.2, 0.25) is 0 Å². The first-order valence-corrected chi connectivity index (χ1v) is 12.0. The number of nitrogens with zero attached hydrogens (tertiary/aromatic N) is 3. The Morgan fingerprint density at radius 2 is 1.87 bits per heavy atom. The van der Waals surface area contributed by atoms with Gasteiger partial charge in [0, 0.05) is 67.7 Å². The number of anilines is 2. The number of hydrogen-bond acceptors (Lipinski definition) is 4. The van der Waals surface area contributed by atoms with Gasteiger partial charge in [-0.2, -0.15) is 0 Å². The Morgan fingerprint density at radius 3 is 2.68 bits per heavy atom. The third-order valence-corrected chi connectivity index (χ3v) is 7.46. The largest absolute Gasteiger partial charge is 0.368 e. The number of benzene rings is 2. The first-order valence-electron chi connectivity index (χ1n) is 11.1. The summed E-state index contributed by atoms with van der Waals surface area (Å²) in [5, 5.41) is 3.19. The predicted molar refractivity (Wildman–Crippen MR) is 127 cm³/mol. The van der Waals surface area contributed by atoms with Crippen molar-refractivity contribution in [1.82, 2.24) is 4.90 Å². The number of aryl methyl sites for hydroxylation is 1. The summed E-state index contributed by atoms with van der Waals surface area (Å²) in [6.07, 6.45) is 3.08. The Hall–Kier alpha value is -2.44. The molecule has 0 spiro atoms. The molecule has 3 heterocycles. The van der Waals surface area contributed by atoms with Gasteiger partial charge >= 0.3 is 0 Å². The third kappa shape index (κ3) is 4.19. The molecule has 0 unspecified atom stereocenters. The van der Waals surface area contributed by atoms with E-state index in [2.05, 4.69) is 34.1 Å². The number of piperazine rings is 1. The summed E-state index contributed by atoms with van der Waals surface area (Å²) in [6.45, 7) is 7.27. The van der Waals surface area contributed by atoms with Crippen LogP contribution < -0.4 is 9.80 Å². The summed E-state index contributed by atoms with van der Waals surface area (Å²) in [5.74, 6) is -0.0225. The molecule has 0 aliphatic carbocycles. The fraction of sp³-hybridized carbons (Fsp3) is 0.400. The fourth-order valence-corrected chi connectivity index (χ4v) is 5.71. The van der Waals surface area contributed by atoms with Crippen molar-refractivity contribution >= 4 is 38.7 Å². The molecule has 1 amide bonds.